The van der Waals surface area contributed by atoms with E-state index in [4.69, 9.17) is 5.73 Å². The van der Waals surface area contributed by atoms with Gasteiger partial charge < -0.3 is 16.0 Å². The largest absolute Gasteiger partial charge is 0.383 e. The zero-order chi connectivity index (χ0) is 17.5. The number of nitrogens with two attached hydrogens (primary N) is 1. The Morgan fingerprint density at radius 2 is 1.88 bits per heavy atom. The van der Waals surface area contributed by atoms with Gasteiger partial charge in [-0.25, -0.2) is 4.98 Å². The van der Waals surface area contributed by atoms with Crippen LogP contribution in [0, 0.1) is 11.8 Å². The van der Waals surface area contributed by atoms with Crippen LogP contribution in [0.15, 0.2) is 12.1 Å². The van der Waals surface area contributed by atoms with E-state index in [2.05, 4.69) is 44.1 Å². The summed E-state index contributed by atoms with van der Waals surface area (Å²) in [6, 6.07) is 4.09. The monoisotopic (exact) mass is 326 g/mol. The predicted octanol–water partition coefficient (Wildman–Crippen LogP) is 2.51. The number of hydrogen-bond donors (Lipinski definition) is 2. The summed E-state index contributed by atoms with van der Waals surface area (Å²) < 4.78 is 0. The Morgan fingerprint density at radius 1 is 1.17 bits per heavy atom. The van der Waals surface area contributed by atoms with Crippen LogP contribution in [0.5, 0.6) is 0 Å². The van der Waals surface area contributed by atoms with Crippen molar-refractivity contribution in [3.05, 3.63) is 17.8 Å². The van der Waals surface area contributed by atoms with Gasteiger partial charge in [-0.2, -0.15) is 9.97 Å². The van der Waals surface area contributed by atoms with Crippen molar-refractivity contribution in [2.75, 3.05) is 31.2 Å². The van der Waals surface area contributed by atoms with Crippen molar-refractivity contribution in [2.24, 2.45) is 0 Å². The van der Waals surface area contributed by atoms with Crippen molar-refractivity contribution in [3.8, 4) is 11.8 Å². The highest BCUT2D eigenvalue weighted by molar-refractivity contribution is 5.86. The third kappa shape index (κ3) is 4.33. The van der Waals surface area contributed by atoms with Crippen molar-refractivity contribution in [1.82, 2.24) is 19.9 Å². The predicted molar refractivity (Wildman–Crippen MR) is 99.8 cm³/mol. The number of anilines is 2. The molecule has 0 aliphatic carbocycles. The number of nitrogen functional groups attached to an aromatic ring is 1. The summed E-state index contributed by atoms with van der Waals surface area (Å²) in [5.41, 5.74) is 7.31. The lowest BCUT2D eigenvalue weighted by Gasteiger charge is -2.29. The molecule has 1 fully saturated rings. The number of pyridine rings is 1. The summed E-state index contributed by atoms with van der Waals surface area (Å²) in [4.78, 5) is 15.6. The van der Waals surface area contributed by atoms with Gasteiger partial charge in [-0.05, 0) is 58.0 Å². The van der Waals surface area contributed by atoms with Gasteiger partial charge >= 0.3 is 0 Å². The van der Waals surface area contributed by atoms with E-state index in [1.165, 1.54) is 0 Å². The van der Waals surface area contributed by atoms with Gasteiger partial charge in [-0.1, -0.05) is 19.8 Å². The third-order valence-electron chi connectivity index (χ3n) is 3.89. The van der Waals surface area contributed by atoms with Crippen molar-refractivity contribution >= 4 is 22.8 Å². The standard InChI is InChI=1S/C16H20N6.C2H6/c1-3-4-11-5-6-13-14(17)20-16(21-15(13)18-11)19-12-7-9-22(2)10-8-12;1-2/h5-6,12H,7-10H2,1-2H3,(H3,17,18,19,20,21);1-2H3. The van der Waals surface area contributed by atoms with Gasteiger partial charge in [-0.15, -0.1) is 0 Å². The molecule has 2 aromatic heterocycles. The van der Waals surface area contributed by atoms with E-state index in [9.17, 15) is 0 Å². The Balaban J connectivity index is 0.00000100. The van der Waals surface area contributed by atoms with E-state index < -0.39 is 0 Å². The number of likely N-dealkylation sites (tertiary alicyclic amines) is 1. The van der Waals surface area contributed by atoms with Crippen molar-refractivity contribution in [3.63, 3.8) is 0 Å². The van der Waals surface area contributed by atoms with Crippen LogP contribution in [0.4, 0.5) is 11.8 Å². The highest BCUT2D eigenvalue weighted by Gasteiger charge is 2.18. The minimum atomic E-state index is 0.381. The Morgan fingerprint density at radius 3 is 2.54 bits per heavy atom. The summed E-state index contributed by atoms with van der Waals surface area (Å²) in [7, 11) is 2.14. The van der Waals surface area contributed by atoms with Gasteiger partial charge in [0, 0.05) is 6.04 Å². The number of nitrogens with zero attached hydrogens (tertiary/aromatic N) is 4. The van der Waals surface area contributed by atoms with Gasteiger partial charge in [-0.3, -0.25) is 0 Å². The van der Waals surface area contributed by atoms with Crippen LogP contribution >= 0.6 is 0 Å². The van der Waals surface area contributed by atoms with E-state index in [1.807, 2.05) is 26.0 Å². The molecule has 0 unspecified atom stereocenters. The molecular weight excluding hydrogens is 300 g/mol. The van der Waals surface area contributed by atoms with E-state index in [0.717, 1.165) is 31.3 Å². The van der Waals surface area contributed by atoms with Gasteiger partial charge in [0.2, 0.25) is 5.95 Å². The van der Waals surface area contributed by atoms with Crippen LogP contribution in [0.25, 0.3) is 11.0 Å². The summed E-state index contributed by atoms with van der Waals surface area (Å²) in [5.74, 6) is 6.77. The molecule has 0 bridgehead atoms. The van der Waals surface area contributed by atoms with Crippen LogP contribution in [0.2, 0.25) is 0 Å². The van der Waals surface area contributed by atoms with Gasteiger partial charge in [0.05, 0.1) is 5.39 Å². The zero-order valence-electron chi connectivity index (χ0n) is 14.9. The first kappa shape index (κ1) is 18.0. The average Bonchev–Trinajstić information content (AvgIpc) is 2.59. The molecule has 0 amide bonds. The zero-order valence-corrected chi connectivity index (χ0v) is 14.9. The lowest BCUT2D eigenvalue weighted by Crippen LogP contribution is -2.37. The molecule has 0 aromatic carbocycles. The maximum Gasteiger partial charge on any atom is 0.226 e. The van der Waals surface area contributed by atoms with Crippen molar-refractivity contribution in [1.29, 1.82) is 0 Å². The van der Waals surface area contributed by atoms with E-state index in [1.54, 1.807) is 6.92 Å². The van der Waals surface area contributed by atoms with Crippen molar-refractivity contribution in [2.45, 2.75) is 39.7 Å². The number of rotatable bonds is 2. The topological polar surface area (TPSA) is 80.0 Å². The molecule has 1 aliphatic rings. The molecule has 1 aliphatic heterocycles. The number of aromatic nitrogens is 3. The average molecular weight is 326 g/mol. The second-order valence-corrected chi connectivity index (χ2v) is 5.60. The van der Waals surface area contributed by atoms with Crippen LogP contribution in [0.3, 0.4) is 0 Å². The molecular formula is C18H26N6. The number of fused-ring (bicyclic) bond motifs is 1. The van der Waals surface area contributed by atoms with Crippen LogP contribution in [0.1, 0.15) is 39.3 Å². The normalized spacial score (nSPS) is 15.2. The third-order valence-corrected chi connectivity index (χ3v) is 3.89. The first-order valence-electron chi connectivity index (χ1n) is 8.48. The molecule has 0 radical (unpaired) electrons. The maximum absolute atomic E-state index is 6.03. The Hall–Kier alpha value is -2.39. The second-order valence-electron chi connectivity index (χ2n) is 5.60. The minimum Gasteiger partial charge on any atom is -0.383 e. The van der Waals surface area contributed by atoms with Gasteiger partial charge in [0.1, 0.15) is 11.5 Å². The highest BCUT2D eigenvalue weighted by Crippen LogP contribution is 2.20. The molecule has 6 nitrogen and oxygen atoms in total. The lowest BCUT2D eigenvalue weighted by molar-refractivity contribution is 0.263. The first-order chi connectivity index (χ1) is 11.7. The summed E-state index contributed by atoms with van der Waals surface area (Å²) in [6.07, 6.45) is 2.15. The van der Waals surface area contributed by atoms with E-state index >= 15 is 0 Å². The smallest absolute Gasteiger partial charge is 0.226 e. The Kier molecular flexibility index (Phi) is 6.33. The van der Waals surface area contributed by atoms with Gasteiger partial charge in [0.15, 0.2) is 5.65 Å². The minimum absolute atomic E-state index is 0.381. The van der Waals surface area contributed by atoms with Crippen LogP contribution in [-0.2, 0) is 0 Å². The Bertz CT molecular complexity index is 738. The quantitative estimate of drug-likeness (QED) is 0.826. The first-order valence-corrected chi connectivity index (χ1v) is 8.48. The van der Waals surface area contributed by atoms with Gasteiger partial charge in [0.25, 0.3) is 0 Å². The molecule has 24 heavy (non-hydrogen) atoms. The van der Waals surface area contributed by atoms with E-state index in [-0.39, 0.29) is 0 Å². The summed E-state index contributed by atoms with van der Waals surface area (Å²) >= 11 is 0. The summed E-state index contributed by atoms with van der Waals surface area (Å²) in [6.45, 7) is 7.94. The molecule has 2 aromatic rings. The molecule has 0 atom stereocenters. The SMILES string of the molecule is CC.CC#Cc1ccc2c(N)nc(NC3CCN(C)CC3)nc2n1. The molecule has 6 heteroatoms. The number of nitrogens with one attached hydrogen (secondary N) is 1. The Labute approximate surface area is 143 Å². The molecule has 3 heterocycles. The van der Waals surface area contributed by atoms with Crippen LogP contribution < -0.4 is 11.1 Å². The molecule has 3 N–H and O–H groups in total. The van der Waals surface area contributed by atoms with Crippen LogP contribution in [-0.4, -0.2) is 46.0 Å². The highest BCUT2D eigenvalue weighted by atomic mass is 15.2. The van der Waals surface area contributed by atoms with E-state index in [0.29, 0.717) is 29.1 Å². The fourth-order valence-corrected chi connectivity index (χ4v) is 2.63. The van der Waals surface area contributed by atoms with Crippen molar-refractivity contribution < 1.29 is 0 Å². The number of piperidine rings is 1. The molecule has 128 valence electrons. The molecule has 3 rings (SSSR count). The maximum atomic E-state index is 6.03. The molecule has 1 saturated heterocycles. The molecule has 0 saturated carbocycles. The molecule has 0 spiro atoms. The second kappa shape index (κ2) is 8.46. The fraction of sp³-hybridized carbons (Fsp3) is 0.500. The fourth-order valence-electron chi connectivity index (χ4n) is 2.63. The lowest BCUT2D eigenvalue weighted by atomic mass is 10.1. The summed E-state index contributed by atoms with van der Waals surface area (Å²) in [5, 5.41) is 4.14. The number of hydrogen-bond acceptors (Lipinski definition) is 6.